The van der Waals surface area contributed by atoms with Crippen LogP contribution in [0.15, 0.2) is 4.99 Å². The largest absolute Gasteiger partial charge is 0.395 e. The SMILES string of the molecule is CCCCCCN=C(NCC)NCCO. The van der Waals surface area contributed by atoms with Crippen LogP contribution in [-0.2, 0) is 0 Å². The standard InChI is InChI=1S/C11H25N3O/c1-3-5-6-7-8-13-11(12-4-2)14-9-10-15/h15H,3-10H2,1-2H3,(H2,12,13,14). The van der Waals surface area contributed by atoms with E-state index < -0.39 is 0 Å². The Morgan fingerprint density at radius 1 is 1.13 bits per heavy atom. The maximum atomic E-state index is 8.68. The molecule has 0 aromatic heterocycles. The lowest BCUT2D eigenvalue weighted by atomic mass is 10.2. The first-order valence-corrected chi connectivity index (χ1v) is 5.98. The van der Waals surface area contributed by atoms with Crippen LogP contribution in [-0.4, -0.2) is 37.3 Å². The molecule has 0 unspecified atom stereocenters. The first-order valence-electron chi connectivity index (χ1n) is 5.98. The lowest BCUT2D eigenvalue weighted by Gasteiger charge is -2.09. The predicted molar refractivity (Wildman–Crippen MR) is 65.2 cm³/mol. The number of rotatable bonds is 8. The zero-order chi connectivity index (χ0) is 11.4. The van der Waals surface area contributed by atoms with E-state index in [0.717, 1.165) is 25.5 Å². The number of unbranched alkanes of at least 4 members (excludes halogenated alkanes) is 3. The third-order valence-electron chi connectivity index (χ3n) is 2.03. The topological polar surface area (TPSA) is 56.7 Å². The zero-order valence-electron chi connectivity index (χ0n) is 10.1. The summed E-state index contributed by atoms with van der Waals surface area (Å²) in [6.45, 7) is 6.65. The summed E-state index contributed by atoms with van der Waals surface area (Å²) in [7, 11) is 0. The number of aliphatic imine (C=N–C) groups is 1. The molecule has 0 aromatic carbocycles. The predicted octanol–water partition coefficient (Wildman–Crippen LogP) is 1.11. The molecule has 4 nitrogen and oxygen atoms in total. The van der Waals surface area contributed by atoms with E-state index in [0.29, 0.717) is 6.54 Å². The van der Waals surface area contributed by atoms with Gasteiger partial charge < -0.3 is 15.7 Å². The van der Waals surface area contributed by atoms with E-state index in [1.54, 1.807) is 0 Å². The Morgan fingerprint density at radius 3 is 2.53 bits per heavy atom. The molecular weight excluding hydrogens is 190 g/mol. The molecule has 0 saturated heterocycles. The molecule has 4 heteroatoms. The van der Waals surface area contributed by atoms with E-state index in [1.165, 1.54) is 19.3 Å². The van der Waals surface area contributed by atoms with Crippen LogP contribution >= 0.6 is 0 Å². The van der Waals surface area contributed by atoms with Crippen molar-refractivity contribution >= 4 is 5.96 Å². The average molecular weight is 215 g/mol. The van der Waals surface area contributed by atoms with Gasteiger partial charge in [0.2, 0.25) is 0 Å². The van der Waals surface area contributed by atoms with Crippen molar-refractivity contribution in [3.05, 3.63) is 0 Å². The Bertz CT molecular complexity index is 160. The second kappa shape index (κ2) is 11.3. The number of aliphatic hydroxyl groups is 1. The van der Waals surface area contributed by atoms with Crippen molar-refractivity contribution in [2.45, 2.75) is 39.5 Å². The number of hydrogen-bond acceptors (Lipinski definition) is 2. The van der Waals surface area contributed by atoms with Crippen LogP contribution < -0.4 is 10.6 Å². The van der Waals surface area contributed by atoms with Crippen molar-refractivity contribution in [1.82, 2.24) is 10.6 Å². The van der Waals surface area contributed by atoms with E-state index in [-0.39, 0.29) is 6.61 Å². The minimum Gasteiger partial charge on any atom is -0.395 e. The van der Waals surface area contributed by atoms with Crippen LogP contribution in [0.25, 0.3) is 0 Å². The van der Waals surface area contributed by atoms with E-state index in [4.69, 9.17) is 5.11 Å². The monoisotopic (exact) mass is 215 g/mol. The molecule has 15 heavy (non-hydrogen) atoms. The highest BCUT2D eigenvalue weighted by molar-refractivity contribution is 5.79. The Labute approximate surface area is 93.2 Å². The fourth-order valence-corrected chi connectivity index (χ4v) is 1.25. The maximum absolute atomic E-state index is 8.68. The molecule has 0 bridgehead atoms. The lowest BCUT2D eigenvalue weighted by molar-refractivity contribution is 0.300. The summed E-state index contributed by atoms with van der Waals surface area (Å²) >= 11 is 0. The number of nitrogens with one attached hydrogen (secondary N) is 2. The fraction of sp³-hybridized carbons (Fsp3) is 0.909. The minimum absolute atomic E-state index is 0.139. The average Bonchev–Trinajstić information content (AvgIpc) is 2.25. The van der Waals surface area contributed by atoms with Gasteiger partial charge >= 0.3 is 0 Å². The molecular formula is C11H25N3O. The third kappa shape index (κ3) is 9.53. The Balaban J connectivity index is 3.63. The molecule has 0 spiro atoms. The van der Waals surface area contributed by atoms with Gasteiger partial charge in [-0.05, 0) is 13.3 Å². The molecule has 0 radical (unpaired) electrons. The molecule has 0 atom stereocenters. The van der Waals surface area contributed by atoms with Crippen molar-refractivity contribution in [1.29, 1.82) is 0 Å². The van der Waals surface area contributed by atoms with E-state index in [9.17, 15) is 0 Å². The molecule has 0 heterocycles. The highest BCUT2D eigenvalue weighted by atomic mass is 16.3. The molecule has 0 amide bonds. The third-order valence-corrected chi connectivity index (χ3v) is 2.03. The molecule has 0 saturated carbocycles. The molecule has 0 fully saturated rings. The molecule has 0 aliphatic carbocycles. The highest BCUT2D eigenvalue weighted by Gasteiger charge is 1.94. The van der Waals surface area contributed by atoms with E-state index in [2.05, 4.69) is 22.5 Å². The molecule has 0 aliphatic rings. The number of hydrogen-bond donors (Lipinski definition) is 3. The second-order valence-electron chi connectivity index (χ2n) is 3.47. The maximum Gasteiger partial charge on any atom is 0.191 e. The summed E-state index contributed by atoms with van der Waals surface area (Å²) < 4.78 is 0. The fourth-order valence-electron chi connectivity index (χ4n) is 1.25. The van der Waals surface area contributed by atoms with Crippen LogP contribution in [0.2, 0.25) is 0 Å². The summed E-state index contributed by atoms with van der Waals surface area (Å²) in [5.74, 6) is 0.808. The Morgan fingerprint density at radius 2 is 1.93 bits per heavy atom. The lowest BCUT2D eigenvalue weighted by Crippen LogP contribution is -2.38. The van der Waals surface area contributed by atoms with Gasteiger partial charge in [0.1, 0.15) is 0 Å². The first kappa shape index (κ1) is 14.2. The first-order chi connectivity index (χ1) is 7.35. The van der Waals surface area contributed by atoms with Gasteiger partial charge in [0.25, 0.3) is 0 Å². The molecule has 0 aromatic rings. The van der Waals surface area contributed by atoms with Gasteiger partial charge in [-0.15, -0.1) is 0 Å². The van der Waals surface area contributed by atoms with E-state index >= 15 is 0 Å². The smallest absolute Gasteiger partial charge is 0.191 e. The van der Waals surface area contributed by atoms with Crippen molar-refractivity contribution in [3.63, 3.8) is 0 Å². The van der Waals surface area contributed by atoms with Crippen LogP contribution in [0.3, 0.4) is 0 Å². The van der Waals surface area contributed by atoms with Crippen LogP contribution in [0.5, 0.6) is 0 Å². The molecule has 0 aliphatic heterocycles. The van der Waals surface area contributed by atoms with Gasteiger partial charge in [-0.25, -0.2) is 0 Å². The number of nitrogens with zero attached hydrogens (tertiary/aromatic N) is 1. The van der Waals surface area contributed by atoms with Gasteiger partial charge in [0.05, 0.1) is 6.61 Å². The normalized spacial score (nSPS) is 11.5. The zero-order valence-corrected chi connectivity index (χ0v) is 10.1. The minimum atomic E-state index is 0.139. The Hall–Kier alpha value is -0.770. The summed E-state index contributed by atoms with van der Waals surface area (Å²) in [6, 6.07) is 0. The summed E-state index contributed by atoms with van der Waals surface area (Å²) in [6.07, 6.45) is 4.94. The van der Waals surface area contributed by atoms with Crippen molar-refractivity contribution in [2.75, 3.05) is 26.2 Å². The summed E-state index contributed by atoms with van der Waals surface area (Å²) in [5, 5.41) is 14.9. The summed E-state index contributed by atoms with van der Waals surface area (Å²) in [5.41, 5.74) is 0. The second-order valence-corrected chi connectivity index (χ2v) is 3.47. The van der Waals surface area contributed by atoms with Crippen LogP contribution in [0, 0.1) is 0 Å². The van der Waals surface area contributed by atoms with Crippen LogP contribution in [0.4, 0.5) is 0 Å². The quantitative estimate of drug-likeness (QED) is 0.323. The molecule has 3 N–H and O–H groups in total. The highest BCUT2D eigenvalue weighted by Crippen LogP contribution is 1.98. The van der Waals surface area contributed by atoms with Crippen molar-refractivity contribution in [2.24, 2.45) is 4.99 Å². The summed E-state index contributed by atoms with van der Waals surface area (Å²) in [4.78, 5) is 4.41. The van der Waals surface area contributed by atoms with Gasteiger partial charge in [0.15, 0.2) is 5.96 Å². The van der Waals surface area contributed by atoms with Crippen molar-refractivity contribution < 1.29 is 5.11 Å². The molecule has 90 valence electrons. The van der Waals surface area contributed by atoms with Gasteiger partial charge in [0, 0.05) is 19.6 Å². The molecule has 0 rings (SSSR count). The number of guanidine groups is 1. The Kier molecular flexibility index (Phi) is 10.7. The van der Waals surface area contributed by atoms with Gasteiger partial charge in [-0.3, -0.25) is 4.99 Å². The van der Waals surface area contributed by atoms with Gasteiger partial charge in [-0.2, -0.15) is 0 Å². The van der Waals surface area contributed by atoms with Crippen molar-refractivity contribution in [3.8, 4) is 0 Å². The number of aliphatic hydroxyl groups excluding tert-OH is 1. The van der Waals surface area contributed by atoms with Gasteiger partial charge in [-0.1, -0.05) is 26.2 Å². The van der Waals surface area contributed by atoms with Crippen LogP contribution in [0.1, 0.15) is 39.5 Å². The van der Waals surface area contributed by atoms with E-state index in [1.807, 2.05) is 6.92 Å².